The van der Waals surface area contributed by atoms with Crippen LogP contribution in [-0.4, -0.2) is 47.7 Å². The number of nitrogens with two attached hydrogens (primary N) is 1. The Bertz CT molecular complexity index is 755. The molecule has 1 amide bonds. The number of hydrogen-bond donors (Lipinski definition) is 3. The van der Waals surface area contributed by atoms with Gasteiger partial charge in [0.25, 0.3) is 5.91 Å². The highest BCUT2D eigenvalue weighted by atomic mass is 35.5. The second-order valence-electron chi connectivity index (χ2n) is 10.1. The molecule has 5 nitrogen and oxygen atoms in total. The molecule has 0 saturated heterocycles. The van der Waals surface area contributed by atoms with Crippen molar-refractivity contribution in [3.05, 3.63) is 34.3 Å². The zero-order valence-corrected chi connectivity index (χ0v) is 18.7. The molecule has 3 aliphatic rings. The predicted molar refractivity (Wildman–Crippen MR) is 127 cm³/mol. The fourth-order valence-electron chi connectivity index (χ4n) is 5.66. The number of amides is 1. The van der Waals surface area contributed by atoms with Gasteiger partial charge in [-0.3, -0.25) is 9.69 Å². The van der Waals surface area contributed by atoms with E-state index in [0.29, 0.717) is 29.1 Å². The zero-order chi connectivity index (χ0) is 21.2. The average Bonchev–Trinajstić information content (AvgIpc) is 3.44. The van der Waals surface area contributed by atoms with Gasteiger partial charge in [-0.2, -0.15) is 0 Å². The van der Waals surface area contributed by atoms with Crippen LogP contribution in [0.15, 0.2) is 18.2 Å². The Morgan fingerprint density at radius 1 is 1.23 bits per heavy atom. The summed E-state index contributed by atoms with van der Waals surface area (Å²) in [6.45, 7) is 2.85. The molecule has 0 aliphatic heterocycles. The fraction of sp³-hybridized carbons (Fsp3) is 0.720. The van der Waals surface area contributed by atoms with Gasteiger partial charge in [-0.1, -0.05) is 50.8 Å². The molecule has 3 fully saturated rings. The second kappa shape index (κ2) is 10.2. The van der Waals surface area contributed by atoms with Crippen molar-refractivity contribution in [2.45, 2.75) is 77.3 Å². The number of aliphatic hydroxyl groups is 1. The third-order valence-corrected chi connectivity index (χ3v) is 7.84. The lowest BCUT2D eigenvalue weighted by Gasteiger charge is -2.45. The SMILES string of the molecule is C.NC1(CN(CCO)Cc2ccc(Cl)c(C(=O)NCC34CCCC(CCC3)C4)c2)CC1. The number of benzene rings is 1. The predicted octanol–water partition coefficient (Wildman–Crippen LogP) is 4.35. The van der Waals surface area contributed by atoms with Gasteiger partial charge in [0.1, 0.15) is 0 Å². The van der Waals surface area contributed by atoms with Gasteiger partial charge < -0.3 is 16.2 Å². The highest BCUT2D eigenvalue weighted by Crippen LogP contribution is 2.48. The number of rotatable bonds is 9. The van der Waals surface area contributed by atoms with E-state index in [9.17, 15) is 9.90 Å². The minimum atomic E-state index is -0.112. The molecule has 0 spiro atoms. The van der Waals surface area contributed by atoms with Crippen LogP contribution in [0.1, 0.15) is 81.1 Å². The molecular weight excluding hydrogens is 410 g/mol. The van der Waals surface area contributed by atoms with E-state index in [1.165, 1.54) is 44.9 Å². The van der Waals surface area contributed by atoms with E-state index in [1.54, 1.807) is 0 Å². The molecule has 3 aliphatic carbocycles. The van der Waals surface area contributed by atoms with Crippen molar-refractivity contribution in [2.24, 2.45) is 17.1 Å². The van der Waals surface area contributed by atoms with E-state index in [0.717, 1.165) is 37.4 Å². The Hall–Kier alpha value is -1.14. The molecule has 1 aromatic carbocycles. The van der Waals surface area contributed by atoms with Crippen molar-refractivity contribution in [1.82, 2.24) is 10.2 Å². The van der Waals surface area contributed by atoms with Gasteiger partial charge in [-0.15, -0.1) is 0 Å². The van der Waals surface area contributed by atoms with Gasteiger partial charge in [0.15, 0.2) is 0 Å². The Kier molecular flexibility index (Phi) is 8.06. The summed E-state index contributed by atoms with van der Waals surface area (Å²) >= 11 is 6.40. The maximum absolute atomic E-state index is 13.0. The lowest BCUT2D eigenvalue weighted by atomic mass is 9.62. The van der Waals surface area contributed by atoms with Crippen molar-refractivity contribution in [3.63, 3.8) is 0 Å². The Morgan fingerprint density at radius 3 is 2.58 bits per heavy atom. The molecule has 0 atom stereocenters. The molecule has 4 rings (SSSR count). The van der Waals surface area contributed by atoms with Gasteiger partial charge in [0.2, 0.25) is 0 Å². The maximum Gasteiger partial charge on any atom is 0.252 e. The normalized spacial score (nSPS) is 26.3. The van der Waals surface area contributed by atoms with Gasteiger partial charge in [-0.25, -0.2) is 0 Å². The van der Waals surface area contributed by atoms with Crippen LogP contribution < -0.4 is 11.1 Å². The first-order valence-corrected chi connectivity index (χ1v) is 12.0. The highest BCUT2D eigenvalue weighted by molar-refractivity contribution is 6.33. The smallest absolute Gasteiger partial charge is 0.252 e. The maximum atomic E-state index is 13.0. The van der Waals surface area contributed by atoms with E-state index >= 15 is 0 Å². The molecule has 0 radical (unpaired) electrons. The molecule has 0 unspecified atom stereocenters. The Labute approximate surface area is 192 Å². The summed E-state index contributed by atoms with van der Waals surface area (Å²) in [4.78, 5) is 15.2. The minimum Gasteiger partial charge on any atom is -0.395 e. The molecule has 3 saturated carbocycles. The lowest BCUT2D eigenvalue weighted by molar-refractivity contribution is 0.0681. The van der Waals surface area contributed by atoms with Crippen molar-refractivity contribution in [3.8, 4) is 0 Å². The van der Waals surface area contributed by atoms with E-state index in [-0.39, 0.29) is 25.5 Å². The van der Waals surface area contributed by atoms with Crippen LogP contribution in [-0.2, 0) is 6.54 Å². The first kappa shape index (κ1) is 24.5. The highest BCUT2D eigenvalue weighted by Gasteiger charge is 2.40. The van der Waals surface area contributed by atoms with E-state index < -0.39 is 0 Å². The monoisotopic (exact) mass is 449 g/mol. The van der Waals surface area contributed by atoms with Crippen LogP contribution in [0.4, 0.5) is 0 Å². The molecule has 0 aromatic heterocycles. The van der Waals surface area contributed by atoms with Crippen LogP contribution >= 0.6 is 11.6 Å². The minimum absolute atomic E-state index is 0. The number of carbonyl (C=O) groups is 1. The molecule has 2 bridgehead atoms. The van der Waals surface area contributed by atoms with Crippen molar-refractivity contribution >= 4 is 17.5 Å². The number of aliphatic hydroxyl groups excluding tert-OH is 1. The zero-order valence-electron chi connectivity index (χ0n) is 18.0. The Morgan fingerprint density at radius 2 is 1.94 bits per heavy atom. The molecule has 1 aromatic rings. The lowest BCUT2D eigenvalue weighted by Crippen LogP contribution is -2.43. The fourth-order valence-corrected chi connectivity index (χ4v) is 5.86. The average molecular weight is 450 g/mol. The first-order valence-electron chi connectivity index (χ1n) is 11.6. The van der Waals surface area contributed by atoms with Crippen molar-refractivity contribution in [1.29, 1.82) is 0 Å². The second-order valence-corrected chi connectivity index (χ2v) is 10.6. The summed E-state index contributed by atoms with van der Waals surface area (Å²) in [7, 11) is 0. The molecule has 174 valence electrons. The molecule has 6 heteroatoms. The number of fused-ring (bicyclic) bond motifs is 2. The van der Waals surface area contributed by atoms with E-state index in [1.807, 2.05) is 18.2 Å². The number of halogens is 1. The standard InChI is InChI=1S/C24H36ClN3O2.CH4/c25-21-6-5-19(15-28(11-12-29)17-24(26)9-10-24)13-20(21)22(30)27-16-23-7-1-3-18(14-23)4-2-8-23;/h5-6,13,18,29H,1-4,7-12,14-17,26H2,(H,27,30);1H4. The summed E-state index contributed by atoms with van der Waals surface area (Å²) in [6.07, 6.45) is 11.1. The third kappa shape index (κ3) is 6.22. The molecule has 0 heterocycles. The van der Waals surface area contributed by atoms with Gasteiger partial charge in [0, 0.05) is 31.7 Å². The first-order chi connectivity index (χ1) is 14.4. The summed E-state index contributed by atoms with van der Waals surface area (Å²) in [5.41, 5.74) is 8.03. The molecule has 31 heavy (non-hydrogen) atoms. The van der Waals surface area contributed by atoms with Gasteiger partial charge >= 0.3 is 0 Å². The Balaban J connectivity index is 0.00000272. The van der Waals surface area contributed by atoms with Crippen molar-refractivity contribution < 1.29 is 9.90 Å². The number of carbonyl (C=O) groups excluding carboxylic acids is 1. The molecule has 4 N–H and O–H groups in total. The molecular formula is C25H40ClN3O2. The van der Waals surface area contributed by atoms with Crippen LogP contribution in [0.3, 0.4) is 0 Å². The quantitative estimate of drug-likeness (QED) is 0.523. The number of hydrogen-bond acceptors (Lipinski definition) is 4. The van der Waals surface area contributed by atoms with Crippen LogP contribution in [0.5, 0.6) is 0 Å². The van der Waals surface area contributed by atoms with Gasteiger partial charge in [0.05, 0.1) is 17.2 Å². The summed E-state index contributed by atoms with van der Waals surface area (Å²) in [5.74, 6) is 0.779. The van der Waals surface area contributed by atoms with Crippen LogP contribution in [0.25, 0.3) is 0 Å². The van der Waals surface area contributed by atoms with Gasteiger partial charge in [-0.05, 0) is 61.1 Å². The van der Waals surface area contributed by atoms with Crippen LogP contribution in [0, 0.1) is 11.3 Å². The number of nitrogens with one attached hydrogen (secondary N) is 1. The van der Waals surface area contributed by atoms with Crippen molar-refractivity contribution in [2.75, 3.05) is 26.2 Å². The summed E-state index contributed by atoms with van der Waals surface area (Å²) in [5, 5.41) is 13.1. The third-order valence-electron chi connectivity index (χ3n) is 7.51. The summed E-state index contributed by atoms with van der Waals surface area (Å²) in [6, 6.07) is 5.68. The number of nitrogens with zero attached hydrogens (tertiary/aromatic N) is 1. The van der Waals surface area contributed by atoms with Crippen LogP contribution in [0.2, 0.25) is 5.02 Å². The largest absolute Gasteiger partial charge is 0.395 e. The van der Waals surface area contributed by atoms with E-state index in [2.05, 4.69) is 10.2 Å². The van der Waals surface area contributed by atoms with E-state index in [4.69, 9.17) is 17.3 Å². The summed E-state index contributed by atoms with van der Waals surface area (Å²) < 4.78 is 0. The topological polar surface area (TPSA) is 78.6 Å².